The molecule has 0 spiro atoms. The smallest absolute Gasteiger partial charge is 0.402 e. The van der Waals surface area contributed by atoms with E-state index in [1.54, 1.807) is 13.9 Å². The Bertz CT molecular complexity index is 840. The average Bonchev–Trinajstić information content (AvgIpc) is 2.52. The van der Waals surface area contributed by atoms with Crippen molar-refractivity contribution in [3.63, 3.8) is 0 Å². The van der Waals surface area contributed by atoms with Crippen molar-refractivity contribution in [2.45, 2.75) is 11.6 Å². The van der Waals surface area contributed by atoms with E-state index in [1.165, 1.54) is 0 Å². The Morgan fingerprint density at radius 2 is 1.77 bits per heavy atom. The fourth-order valence-electron chi connectivity index (χ4n) is 2.00. The van der Waals surface area contributed by atoms with Gasteiger partial charge in [0, 0.05) is 12.2 Å². The summed E-state index contributed by atoms with van der Waals surface area (Å²) in [6.45, 7) is -1.89. The minimum Gasteiger partial charge on any atom is -0.455 e. The highest BCUT2D eigenvalue weighted by atomic mass is 32.2. The van der Waals surface area contributed by atoms with Crippen LogP contribution >= 0.6 is 0 Å². The maximum Gasteiger partial charge on any atom is 0.402 e. The van der Waals surface area contributed by atoms with Gasteiger partial charge in [-0.25, -0.2) is 9.59 Å². The highest BCUT2D eigenvalue weighted by Crippen LogP contribution is 2.20. The van der Waals surface area contributed by atoms with E-state index in [1.807, 2.05) is 21.8 Å². The van der Waals surface area contributed by atoms with Crippen LogP contribution in [0.5, 0.6) is 5.75 Å². The quantitative estimate of drug-likeness (QED) is 0.173. The molecule has 138 valence electrons. The number of carbonyl (C=O) groups excluding carboxylic acids is 2. The topological polar surface area (TPSA) is 107 Å². The Hall–Kier alpha value is -2.14. The van der Waals surface area contributed by atoms with Crippen LogP contribution < -0.4 is 15.7 Å². The molecule has 0 amide bonds. The van der Waals surface area contributed by atoms with Gasteiger partial charge in [-0.2, -0.15) is 17.2 Å². The Balaban J connectivity index is 2.73. The summed E-state index contributed by atoms with van der Waals surface area (Å²) in [5, 5.41) is -4.65. The number of carbonyl (C=O) groups is 2. The zero-order valence-electron chi connectivity index (χ0n) is 14.3. The zero-order valence-corrected chi connectivity index (χ0v) is 15.1. The second-order valence-electron chi connectivity index (χ2n) is 5.40. The normalized spacial score (nSPS) is 12.1. The summed E-state index contributed by atoms with van der Waals surface area (Å²) >= 11 is 0. The molecule has 0 bridgehead atoms. The van der Waals surface area contributed by atoms with Gasteiger partial charge in [-0.05, 0) is 11.0 Å². The lowest BCUT2D eigenvalue weighted by Gasteiger charge is -2.12. The molecule has 0 saturated carbocycles. The van der Waals surface area contributed by atoms with Gasteiger partial charge >= 0.3 is 27.3 Å². The van der Waals surface area contributed by atoms with Gasteiger partial charge in [-0.15, -0.1) is 0 Å². The predicted octanol–water partition coefficient (Wildman–Crippen LogP) is -3.18. The molecule has 0 radical (unpaired) electrons. The van der Waals surface area contributed by atoms with Crippen molar-refractivity contribution in [2.75, 3.05) is 6.61 Å². The minimum atomic E-state index is -5.71. The van der Waals surface area contributed by atoms with E-state index in [0.717, 1.165) is 11.0 Å². The van der Waals surface area contributed by atoms with Crippen LogP contribution in [0.2, 0.25) is 0 Å². The molecule has 1 aromatic carbocycles. The molecular weight excluding hydrogens is 371 g/mol. The molecule has 26 heavy (non-hydrogen) atoms. The largest absolute Gasteiger partial charge is 0.455 e. The van der Waals surface area contributed by atoms with E-state index in [9.17, 15) is 26.8 Å². The van der Waals surface area contributed by atoms with Crippen LogP contribution in [0, 0.1) is 0 Å². The molecule has 0 aromatic heterocycles. The van der Waals surface area contributed by atoms with E-state index in [4.69, 9.17) is 9.29 Å². The molecule has 1 aromatic rings. The van der Waals surface area contributed by atoms with E-state index < -0.39 is 33.9 Å². The molecule has 0 fully saturated rings. The zero-order chi connectivity index (χ0) is 20.1. The Kier molecular flexibility index (Phi) is 7.16. The number of hydrogen-bond donors (Lipinski definition) is 1. The first-order valence-corrected chi connectivity index (χ1v) is 8.83. The number of rotatable bonds is 7. The van der Waals surface area contributed by atoms with Crippen molar-refractivity contribution in [1.82, 2.24) is 0 Å². The fraction of sp³-hybridized carbons (Fsp3) is 0.231. The van der Waals surface area contributed by atoms with Crippen molar-refractivity contribution in [3.05, 3.63) is 29.8 Å². The van der Waals surface area contributed by atoms with Crippen molar-refractivity contribution in [1.29, 1.82) is 0 Å². The van der Waals surface area contributed by atoms with Gasteiger partial charge in [0.15, 0.2) is 6.61 Å². The fourth-order valence-corrected chi connectivity index (χ4v) is 2.21. The van der Waals surface area contributed by atoms with Gasteiger partial charge in [0.05, 0.1) is 0 Å². The van der Waals surface area contributed by atoms with E-state index in [0.29, 0.717) is 29.7 Å². The van der Waals surface area contributed by atoms with Crippen LogP contribution in [0.15, 0.2) is 24.3 Å². The van der Waals surface area contributed by atoms with Gasteiger partial charge in [0.25, 0.3) is 0 Å². The summed E-state index contributed by atoms with van der Waals surface area (Å²) in [6, 6.07) is 3.64. The van der Waals surface area contributed by atoms with Crippen LogP contribution in [0.3, 0.4) is 0 Å². The predicted molar refractivity (Wildman–Crippen MR) is 97.3 cm³/mol. The number of alkyl halides is 2. The molecule has 0 heterocycles. The van der Waals surface area contributed by atoms with Crippen molar-refractivity contribution in [2.24, 2.45) is 0 Å². The summed E-state index contributed by atoms with van der Waals surface area (Å²) in [5.74, 6) is -2.01. The van der Waals surface area contributed by atoms with Crippen molar-refractivity contribution in [3.8, 4) is 5.75 Å². The molecule has 0 aliphatic heterocycles. The third kappa shape index (κ3) is 5.99. The highest BCUT2D eigenvalue weighted by Gasteiger charge is 2.45. The van der Waals surface area contributed by atoms with Gasteiger partial charge in [0.1, 0.15) is 29.3 Å². The molecule has 1 rings (SSSR count). The minimum absolute atomic E-state index is 0.332. The Morgan fingerprint density at radius 1 is 1.19 bits per heavy atom. The van der Waals surface area contributed by atoms with E-state index in [2.05, 4.69) is 4.74 Å². The first-order valence-electron chi connectivity index (χ1n) is 7.39. The van der Waals surface area contributed by atoms with Crippen molar-refractivity contribution < 1.29 is 40.8 Å². The van der Waals surface area contributed by atoms with E-state index >= 15 is 0 Å². The van der Waals surface area contributed by atoms with E-state index in [-0.39, 0.29) is 0 Å². The third-order valence-electron chi connectivity index (χ3n) is 3.19. The number of esters is 2. The maximum absolute atomic E-state index is 12.9. The molecule has 0 unspecified atom stereocenters. The van der Waals surface area contributed by atoms with Crippen molar-refractivity contribution >= 4 is 56.5 Å². The summed E-state index contributed by atoms with van der Waals surface area (Å²) in [4.78, 5) is 23.1. The third-order valence-corrected chi connectivity index (χ3v) is 4.07. The number of halogens is 2. The lowest BCUT2D eigenvalue weighted by molar-refractivity contribution is -0.144. The second kappa shape index (κ2) is 8.50. The maximum atomic E-state index is 12.9. The van der Waals surface area contributed by atoms with Crippen LogP contribution in [0.4, 0.5) is 8.78 Å². The lowest BCUT2D eigenvalue weighted by atomic mass is 9.81. The highest BCUT2D eigenvalue weighted by molar-refractivity contribution is 7.86. The Morgan fingerprint density at radius 3 is 2.31 bits per heavy atom. The number of benzene rings is 1. The molecule has 0 aliphatic rings. The van der Waals surface area contributed by atoms with Gasteiger partial charge in [-0.3, -0.25) is 4.55 Å². The summed E-state index contributed by atoms with van der Waals surface area (Å²) in [6.07, 6.45) is 1.77. The van der Waals surface area contributed by atoms with Gasteiger partial charge in [0.2, 0.25) is 0 Å². The number of hydrogen-bond acceptors (Lipinski definition) is 6. The summed E-state index contributed by atoms with van der Waals surface area (Å²) in [5.41, 5.74) is 2.47. The first kappa shape index (κ1) is 21.9. The first-order chi connectivity index (χ1) is 11.9. The molecule has 0 aliphatic carbocycles. The number of ether oxygens (including phenoxy) is 2. The lowest BCUT2D eigenvalue weighted by Crippen LogP contribution is -2.34. The Labute approximate surface area is 151 Å². The van der Waals surface area contributed by atoms with Crippen LogP contribution in [-0.2, 0) is 30.8 Å². The SMILES string of the molecule is BCc1cc(B)cc(B)c1OC(=O)/C=C\C(=O)OCC(F)(F)S(=O)(=O)O. The molecule has 13 heteroatoms. The molecule has 1 N–H and O–H groups in total. The average molecular weight is 386 g/mol. The van der Waals surface area contributed by atoms with Gasteiger partial charge < -0.3 is 9.47 Å². The summed E-state index contributed by atoms with van der Waals surface area (Å²) < 4.78 is 64.0. The standard InChI is InChI=1S/C13H15B3F2O7S/c14-5-7-3-8(15)4-9(16)12(7)25-11(20)2-1-10(19)24-6-13(17,18)26(21,22)23/h1-4H,5-6,14-16H2,(H,21,22,23)/b2-1-. The summed E-state index contributed by atoms with van der Waals surface area (Å²) in [7, 11) is -0.218. The molecule has 0 atom stereocenters. The second-order valence-corrected chi connectivity index (χ2v) is 6.95. The van der Waals surface area contributed by atoms with Crippen LogP contribution in [0.1, 0.15) is 5.56 Å². The van der Waals surface area contributed by atoms with Gasteiger partial charge in [-0.1, -0.05) is 23.9 Å². The molecule has 7 nitrogen and oxygen atoms in total. The molecular formula is C13H15B3F2O7S. The van der Waals surface area contributed by atoms with Crippen LogP contribution in [-0.4, -0.2) is 60.3 Å². The van der Waals surface area contributed by atoms with Crippen LogP contribution in [0.25, 0.3) is 0 Å². The monoisotopic (exact) mass is 386 g/mol. The molecule has 0 saturated heterocycles.